The summed E-state index contributed by atoms with van der Waals surface area (Å²) in [5.41, 5.74) is 3.29. The van der Waals surface area contributed by atoms with E-state index in [1.165, 1.54) is 12.0 Å². The quantitative estimate of drug-likeness (QED) is 0.806. The molecule has 17 heavy (non-hydrogen) atoms. The first-order chi connectivity index (χ1) is 7.86. The minimum absolute atomic E-state index is 0.0842. The normalized spacial score (nSPS) is 25.4. The fourth-order valence-electron chi connectivity index (χ4n) is 2.07. The molecule has 1 amide bonds. The van der Waals surface area contributed by atoms with Crippen molar-refractivity contribution in [2.75, 3.05) is 33.4 Å². The lowest BCUT2D eigenvalue weighted by molar-refractivity contribution is -0.232. The van der Waals surface area contributed by atoms with Gasteiger partial charge in [0.15, 0.2) is 0 Å². The second-order valence-electron chi connectivity index (χ2n) is 4.32. The van der Waals surface area contributed by atoms with E-state index in [-0.39, 0.29) is 38.4 Å². The molecule has 1 aliphatic rings. The van der Waals surface area contributed by atoms with Gasteiger partial charge in [-0.1, -0.05) is 0 Å². The molecule has 0 radical (unpaired) electrons. The van der Waals surface area contributed by atoms with Crippen molar-refractivity contribution in [3.63, 3.8) is 0 Å². The van der Waals surface area contributed by atoms with E-state index in [1.807, 2.05) is 0 Å². The van der Waals surface area contributed by atoms with E-state index in [1.54, 1.807) is 0 Å². The zero-order valence-corrected chi connectivity index (χ0v) is 9.72. The van der Waals surface area contributed by atoms with Gasteiger partial charge < -0.3 is 15.4 Å². The summed E-state index contributed by atoms with van der Waals surface area (Å²) < 4.78 is 43.6. The number of carbonyl (C=O) groups is 1. The third-order valence-electron chi connectivity index (χ3n) is 3.09. The van der Waals surface area contributed by atoms with Crippen molar-refractivity contribution in [3.05, 3.63) is 0 Å². The van der Waals surface area contributed by atoms with Gasteiger partial charge in [-0.25, -0.2) is 0 Å². The first-order valence-corrected chi connectivity index (χ1v) is 5.40. The molecule has 0 spiro atoms. The molecule has 0 aliphatic carbocycles. The van der Waals surface area contributed by atoms with Crippen molar-refractivity contribution >= 4 is 5.91 Å². The minimum Gasteiger partial charge on any atom is -0.384 e. The van der Waals surface area contributed by atoms with Crippen LogP contribution in [0.5, 0.6) is 0 Å². The maximum atomic E-state index is 13.0. The number of amides is 1. The number of nitrogens with two attached hydrogens (primary N) is 1. The first-order valence-electron chi connectivity index (χ1n) is 5.40. The fourth-order valence-corrected chi connectivity index (χ4v) is 2.07. The van der Waals surface area contributed by atoms with Crippen molar-refractivity contribution in [3.8, 4) is 0 Å². The van der Waals surface area contributed by atoms with E-state index in [0.717, 1.165) is 0 Å². The molecule has 1 fully saturated rings. The average molecular weight is 254 g/mol. The molecule has 1 saturated heterocycles. The molecule has 100 valence electrons. The summed E-state index contributed by atoms with van der Waals surface area (Å²) in [7, 11) is 1.23. The molecule has 0 unspecified atom stereocenters. The number of carbonyl (C=O) groups excluding carboxylic acids is 1. The van der Waals surface area contributed by atoms with Gasteiger partial charge in [-0.05, 0) is 6.42 Å². The van der Waals surface area contributed by atoms with Crippen molar-refractivity contribution < 1.29 is 22.7 Å². The molecule has 1 aliphatic heterocycles. The van der Waals surface area contributed by atoms with Gasteiger partial charge in [0, 0.05) is 33.2 Å². The summed E-state index contributed by atoms with van der Waals surface area (Å²) in [6.45, 7) is -0.480. The molecule has 0 aromatic heterocycles. The van der Waals surface area contributed by atoms with Crippen molar-refractivity contribution in [1.29, 1.82) is 0 Å². The third kappa shape index (κ3) is 2.90. The molecular formula is C10H17F3N2O2. The maximum absolute atomic E-state index is 13.0. The Bertz CT molecular complexity index is 283. The number of hydrogen-bond acceptors (Lipinski definition) is 3. The van der Waals surface area contributed by atoms with E-state index in [4.69, 9.17) is 5.73 Å². The number of methoxy groups -OCH3 is 1. The van der Waals surface area contributed by atoms with E-state index in [9.17, 15) is 18.0 Å². The molecule has 0 aromatic carbocycles. The zero-order valence-electron chi connectivity index (χ0n) is 9.72. The Labute approximate surface area is 97.9 Å². The molecule has 1 rings (SSSR count). The van der Waals surface area contributed by atoms with Crippen LogP contribution in [-0.4, -0.2) is 50.3 Å². The lowest BCUT2D eigenvalue weighted by atomic mass is 9.87. The topological polar surface area (TPSA) is 55.6 Å². The zero-order chi connectivity index (χ0) is 13.1. The summed E-state index contributed by atoms with van der Waals surface area (Å²) in [6, 6.07) is 0. The SMILES string of the molecule is COC[C@]1(C(F)(F)F)CCN(C(=O)CCN)C1. The smallest absolute Gasteiger partial charge is 0.384 e. The van der Waals surface area contributed by atoms with Gasteiger partial charge in [0.05, 0.1) is 6.61 Å². The van der Waals surface area contributed by atoms with Gasteiger partial charge in [0.1, 0.15) is 5.41 Å². The van der Waals surface area contributed by atoms with Gasteiger partial charge in [-0.15, -0.1) is 0 Å². The van der Waals surface area contributed by atoms with Crippen LogP contribution in [0, 0.1) is 5.41 Å². The lowest BCUT2D eigenvalue weighted by Gasteiger charge is -2.30. The van der Waals surface area contributed by atoms with Gasteiger partial charge in [0.2, 0.25) is 5.91 Å². The van der Waals surface area contributed by atoms with Crippen LogP contribution in [0.15, 0.2) is 0 Å². The largest absolute Gasteiger partial charge is 0.398 e. The molecule has 1 atom stereocenters. The van der Waals surface area contributed by atoms with E-state index < -0.39 is 18.2 Å². The highest BCUT2D eigenvalue weighted by Gasteiger charge is 2.58. The molecule has 0 saturated carbocycles. The number of alkyl halides is 3. The summed E-state index contributed by atoms with van der Waals surface area (Å²) in [5.74, 6) is -0.324. The van der Waals surface area contributed by atoms with Gasteiger partial charge >= 0.3 is 6.18 Å². The Morgan fingerprint density at radius 2 is 2.18 bits per heavy atom. The van der Waals surface area contributed by atoms with Gasteiger partial charge in [0.25, 0.3) is 0 Å². The molecule has 1 heterocycles. The Morgan fingerprint density at radius 3 is 2.65 bits per heavy atom. The molecule has 0 bridgehead atoms. The molecule has 0 aromatic rings. The van der Waals surface area contributed by atoms with Crippen LogP contribution < -0.4 is 5.73 Å². The highest BCUT2D eigenvalue weighted by molar-refractivity contribution is 5.76. The van der Waals surface area contributed by atoms with E-state index >= 15 is 0 Å². The summed E-state index contributed by atoms with van der Waals surface area (Å²) in [4.78, 5) is 12.7. The predicted octanol–water partition coefficient (Wildman–Crippen LogP) is 0.763. The van der Waals surface area contributed by atoms with E-state index in [2.05, 4.69) is 4.74 Å². The number of rotatable bonds is 4. The monoisotopic (exact) mass is 254 g/mol. The highest BCUT2D eigenvalue weighted by atomic mass is 19.4. The van der Waals surface area contributed by atoms with Crippen LogP contribution in [-0.2, 0) is 9.53 Å². The van der Waals surface area contributed by atoms with Gasteiger partial charge in [-0.2, -0.15) is 13.2 Å². The van der Waals surface area contributed by atoms with Crippen LogP contribution >= 0.6 is 0 Å². The fraction of sp³-hybridized carbons (Fsp3) is 0.900. The van der Waals surface area contributed by atoms with Crippen LogP contribution in [0.4, 0.5) is 13.2 Å². The van der Waals surface area contributed by atoms with Gasteiger partial charge in [-0.3, -0.25) is 4.79 Å². The predicted molar refractivity (Wildman–Crippen MR) is 55.2 cm³/mol. The molecular weight excluding hydrogens is 237 g/mol. The summed E-state index contributed by atoms with van der Waals surface area (Å²) in [5, 5.41) is 0. The number of likely N-dealkylation sites (tertiary alicyclic amines) is 1. The Hall–Kier alpha value is -0.820. The lowest BCUT2D eigenvalue weighted by Crippen LogP contribution is -2.45. The van der Waals surface area contributed by atoms with Crippen molar-refractivity contribution in [2.45, 2.75) is 19.0 Å². The highest BCUT2D eigenvalue weighted by Crippen LogP contribution is 2.45. The standard InChI is InChI=1S/C10H17F3N2O2/c1-17-7-9(10(11,12)13)3-5-15(6-9)8(16)2-4-14/h2-7,14H2,1H3/t9-/m0/s1. The number of halogens is 3. The second kappa shape index (κ2) is 5.22. The summed E-state index contributed by atoms with van der Waals surface area (Å²) >= 11 is 0. The van der Waals surface area contributed by atoms with Crippen molar-refractivity contribution in [2.24, 2.45) is 11.1 Å². The second-order valence-corrected chi connectivity index (χ2v) is 4.32. The van der Waals surface area contributed by atoms with Crippen LogP contribution in [0.3, 0.4) is 0 Å². The van der Waals surface area contributed by atoms with Crippen LogP contribution in [0.25, 0.3) is 0 Å². The van der Waals surface area contributed by atoms with E-state index in [0.29, 0.717) is 0 Å². The number of hydrogen-bond donors (Lipinski definition) is 1. The molecule has 7 heteroatoms. The maximum Gasteiger partial charge on any atom is 0.398 e. The number of nitrogens with zero attached hydrogens (tertiary/aromatic N) is 1. The first kappa shape index (κ1) is 14.2. The van der Waals surface area contributed by atoms with Crippen LogP contribution in [0.1, 0.15) is 12.8 Å². The van der Waals surface area contributed by atoms with Crippen molar-refractivity contribution in [1.82, 2.24) is 4.90 Å². The Morgan fingerprint density at radius 1 is 1.53 bits per heavy atom. The summed E-state index contributed by atoms with van der Waals surface area (Å²) in [6.07, 6.45) is -4.39. The Kier molecular flexibility index (Phi) is 4.37. The van der Waals surface area contributed by atoms with Crippen LogP contribution in [0.2, 0.25) is 0 Å². The number of ether oxygens (including phenoxy) is 1. The third-order valence-corrected chi connectivity index (χ3v) is 3.09. The molecule has 2 N–H and O–H groups in total. The Balaban J connectivity index is 2.75. The minimum atomic E-state index is -4.36. The average Bonchev–Trinajstić information content (AvgIpc) is 2.63. The molecule has 4 nitrogen and oxygen atoms in total.